The van der Waals surface area contributed by atoms with E-state index in [1.54, 1.807) is 42.5 Å². The van der Waals surface area contributed by atoms with E-state index in [4.69, 9.17) is 21.6 Å². The molecule has 0 aliphatic carbocycles. The summed E-state index contributed by atoms with van der Waals surface area (Å²) in [6, 6.07) is 15.5. The van der Waals surface area contributed by atoms with E-state index in [1.807, 2.05) is 12.1 Å². The van der Waals surface area contributed by atoms with Crippen LogP contribution in [0, 0.1) is 22.7 Å². The molecule has 0 heterocycles. The number of hydrogen-bond acceptors (Lipinski definition) is 4. The highest BCUT2D eigenvalue weighted by molar-refractivity contribution is 9.10. The normalized spacial score (nSPS) is 10.5. The molecule has 0 fully saturated rings. The van der Waals surface area contributed by atoms with Crippen molar-refractivity contribution < 1.29 is 9.53 Å². The lowest BCUT2D eigenvalue weighted by Crippen LogP contribution is -2.13. The second-order valence-corrected chi connectivity index (χ2v) is 6.00. The van der Waals surface area contributed by atoms with E-state index >= 15 is 0 Å². The molecule has 2 aromatic carbocycles. The van der Waals surface area contributed by atoms with Gasteiger partial charge in [-0.2, -0.15) is 10.5 Å². The standard InChI is InChI=1S/C18H11BrClN3O2/c19-14-10-12(5-6-17(14)25-8-7-21)9-13(11-22)18(24)23-16-4-2-1-3-15(16)20/h1-6,9-10H,8H2,(H,23,24)/b13-9+. The number of rotatable bonds is 5. The van der Waals surface area contributed by atoms with Gasteiger partial charge in [0, 0.05) is 0 Å². The summed E-state index contributed by atoms with van der Waals surface area (Å²) < 4.78 is 5.84. The monoisotopic (exact) mass is 415 g/mol. The van der Waals surface area contributed by atoms with Gasteiger partial charge in [0.05, 0.1) is 15.2 Å². The fraction of sp³-hybridized carbons (Fsp3) is 0.0556. The highest BCUT2D eigenvalue weighted by Gasteiger charge is 2.12. The van der Waals surface area contributed by atoms with Gasteiger partial charge in [-0.15, -0.1) is 0 Å². The Kier molecular flexibility index (Phi) is 6.59. The molecule has 5 nitrogen and oxygen atoms in total. The summed E-state index contributed by atoms with van der Waals surface area (Å²) in [7, 11) is 0. The number of amides is 1. The van der Waals surface area contributed by atoms with Crippen LogP contribution in [0.3, 0.4) is 0 Å². The molecule has 2 rings (SSSR count). The summed E-state index contributed by atoms with van der Waals surface area (Å²) in [5, 5.41) is 20.8. The smallest absolute Gasteiger partial charge is 0.266 e. The molecule has 0 spiro atoms. The third-order valence-electron chi connectivity index (χ3n) is 3.05. The maximum absolute atomic E-state index is 12.3. The SMILES string of the molecule is N#CCOc1ccc(/C=C(\C#N)C(=O)Nc2ccccc2Cl)cc1Br. The van der Waals surface area contributed by atoms with Crippen molar-refractivity contribution in [3.8, 4) is 17.9 Å². The molecule has 0 atom stereocenters. The predicted molar refractivity (Wildman–Crippen MR) is 98.9 cm³/mol. The Labute approximate surface area is 158 Å². The molecule has 0 radical (unpaired) electrons. The topological polar surface area (TPSA) is 85.9 Å². The first-order valence-electron chi connectivity index (χ1n) is 7.02. The van der Waals surface area contributed by atoms with E-state index in [0.29, 0.717) is 26.5 Å². The molecule has 0 saturated carbocycles. The highest BCUT2D eigenvalue weighted by atomic mass is 79.9. The van der Waals surface area contributed by atoms with Gasteiger partial charge in [-0.1, -0.05) is 29.8 Å². The number of carbonyl (C=O) groups is 1. The molecule has 124 valence electrons. The summed E-state index contributed by atoms with van der Waals surface area (Å²) in [4.78, 5) is 12.3. The highest BCUT2D eigenvalue weighted by Crippen LogP contribution is 2.27. The second kappa shape index (κ2) is 8.89. The first kappa shape index (κ1) is 18.5. The van der Waals surface area contributed by atoms with Crippen LogP contribution in [0.15, 0.2) is 52.5 Å². The van der Waals surface area contributed by atoms with Gasteiger partial charge in [-0.25, -0.2) is 0 Å². The van der Waals surface area contributed by atoms with Crippen LogP contribution in [-0.2, 0) is 4.79 Å². The number of anilines is 1. The molecule has 0 aliphatic heterocycles. The van der Waals surface area contributed by atoms with Gasteiger partial charge in [0.15, 0.2) is 6.61 Å². The minimum atomic E-state index is -0.559. The summed E-state index contributed by atoms with van der Waals surface area (Å²) in [5.41, 5.74) is 0.983. The number of halogens is 2. The van der Waals surface area contributed by atoms with Gasteiger partial charge in [0.2, 0.25) is 0 Å². The molecule has 0 unspecified atom stereocenters. The van der Waals surface area contributed by atoms with Gasteiger partial charge in [0.1, 0.15) is 23.5 Å². The molecular formula is C18H11BrClN3O2. The molecule has 1 amide bonds. The van der Waals surface area contributed by atoms with Crippen molar-refractivity contribution in [3.05, 3.63) is 63.1 Å². The average molecular weight is 417 g/mol. The number of carbonyl (C=O) groups excluding carboxylic acids is 1. The Morgan fingerprint density at radius 1 is 1.28 bits per heavy atom. The molecule has 0 bridgehead atoms. The van der Waals surface area contributed by atoms with Crippen molar-refractivity contribution >= 4 is 45.2 Å². The molecule has 1 N–H and O–H groups in total. The fourth-order valence-corrected chi connectivity index (χ4v) is 2.60. The van der Waals surface area contributed by atoms with Crippen LogP contribution in [0.25, 0.3) is 6.08 Å². The van der Waals surface area contributed by atoms with Crippen LogP contribution < -0.4 is 10.1 Å². The molecule has 7 heteroatoms. The first-order valence-corrected chi connectivity index (χ1v) is 8.19. The number of nitrogens with zero attached hydrogens (tertiary/aromatic N) is 2. The molecule has 25 heavy (non-hydrogen) atoms. The van der Waals surface area contributed by atoms with E-state index in [-0.39, 0.29) is 12.2 Å². The van der Waals surface area contributed by atoms with Gasteiger partial charge in [0.25, 0.3) is 5.91 Å². The Morgan fingerprint density at radius 3 is 2.68 bits per heavy atom. The van der Waals surface area contributed by atoms with Crippen LogP contribution in [0.1, 0.15) is 5.56 Å². The maximum Gasteiger partial charge on any atom is 0.266 e. The van der Waals surface area contributed by atoms with Crippen LogP contribution in [-0.4, -0.2) is 12.5 Å². The Balaban J connectivity index is 2.21. The Hall–Kier alpha value is -2.80. The van der Waals surface area contributed by atoms with Crippen LogP contribution >= 0.6 is 27.5 Å². The molecule has 0 aromatic heterocycles. The van der Waals surface area contributed by atoms with Crippen LogP contribution in [0.5, 0.6) is 5.75 Å². The van der Waals surface area contributed by atoms with E-state index in [0.717, 1.165) is 0 Å². The summed E-state index contributed by atoms with van der Waals surface area (Å²) in [5.74, 6) is -0.0609. The van der Waals surface area contributed by atoms with Crippen molar-refractivity contribution in [2.45, 2.75) is 0 Å². The second-order valence-electron chi connectivity index (χ2n) is 4.74. The van der Waals surface area contributed by atoms with E-state index in [9.17, 15) is 10.1 Å². The van der Waals surface area contributed by atoms with Crippen molar-refractivity contribution in [1.82, 2.24) is 0 Å². The van der Waals surface area contributed by atoms with Gasteiger partial charge in [-0.3, -0.25) is 4.79 Å². The third-order valence-corrected chi connectivity index (χ3v) is 4.00. The van der Waals surface area contributed by atoms with Gasteiger partial charge >= 0.3 is 0 Å². The number of hydrogen-bond donors (Lipinski definition) is 1. The van der Waals surface area contributed by atoms with Gasteiger partial charge < -0.3 is 10.1 Å². The number of para-hydroxylation sites is 1. The lowest BCUT2D eigenvalue weighted by atomic mass is 10.1. The van der Waals surface area contributed by atoms with Crippen molar-refractivity contribution in [2.75, 3.05) is 11.9 Å². The first-order chi connectivity index (χ1) is 12.0. The van der Waals surface area contributed by atoms with Crippen LogP contribution in [0.2, 0.25) is 5.02 Å². The molecule has 0 aliphatic rings. The maximum atomic E-state index is 12.3. The minimum Gasteiger partial charge on any atom is -0.478 e. The fourth-order valence-electron chi connectivity index (χ4n) is 1.90. The lowest BCUT2D eigenvalue weighted by molar-refractivity contribution is -0.112. The Morgan fingerprint density at radius 2 is 2.04 bits per heavy atom. The zero-order valence-corrected chi connectivity index (χ0v) is 15.1. The average Bonchev–Trinajstić information content (AvgIpc) is 2.60. The number of benzene rings is 2. The van der Waals surface area contributed by atoms with Crippen molar-refractivity contribution in [1.29, 1.82) is 10.5 Å². The summed E-state index contributed by atoms with van der Waals surface area (Å²) >= 11 is 9.32. The third kappa shape index (κ3) is 5.09. The largest absolute Gasteiger partial charge is 0.478 e. The van der Waals surface area contributed by atoms with E-state index < -0.39 is 5.91 Å². The minimum absolute atomic E-state index is 0.0717. The van der Waals surface area contributed by atoms with Crippen molar-refractivity contribution in [2.24, 2.45) is 0 Å². The van der Waals surface area contributed by atoms with Gasteiger partial charge in [-0.05, 0) is 51.8 Å². The lowest BCUT2D eigenvalue weighted by Gasteiger charge is -2.07. The molecule has 2 aromatic rings. The van der Waals surface area contributed by atoms with E-state index in [1.165, 1.54) is 6.08 Å². The zero-order valence-electron chi connectivity index (χ0n) is 12.8. The van der Waals surface area contributed by atoms with Crippen molar-refractivity contribution in [3.63, 3.8) is 0 Å². The van der Waals surface area contributed by atoms with Crippen LogP contribution in [0.4, 0.5) is 5.69 Å². The number of nitriles is 2. The summed E-state index contributed by atoms with van der Waals surface area (Å²) in [6.07, 6.45) is 1.45. The quantitative estimate of drug-likeness (QED) is 0.572. The summed E-state index contributed by atoms with van der Waals surface area (Å²) in [6.45, 7) is -0.0720. The predicted octanol–water partition coefficient (Wildman–Crippen LogP) is 4.55. The molecule has 0 saturated heterocycles. The molecular weight excluding hydrogens is 406 g/mol. The number of ether oxygens (including phenoxy) is 1. The van der Waals surface area contributed by atoms with E-state index in [2.05, 4.69) is 21.2 Å². The number of nitrogens with one attached hydrogen (secondary N) is 1. The zero-order chi connectivity index (χ0) is 18.2. The Bertz CT molecular complexity index is 913.